The normalized spacial score (nSPS) is 12.4. The molecule has 0 fully saturated rings. The average Bonchev–Trinajstić information content (AvgIpc) is 2.66. The topological polar surface area (TPSA) is 38.9 Å². The number of fused-ring (bicyclic) bond motifs is 3. The van der Waals surface area contributed by atoms with Crippen molar-refractivity contribution in [2.75, 3.05) is 0 Å². The molecule has 0 radical (unpaired) electrons. The lowest BCUT2D eigenvalue weighted by molar-refractivity contribution is 0.537. The van der Waals surface area contributed by atoms with Gasteiger partial charge in [-0.25, -0.2) is 4.98 Å². The second kappa shape index (κ2) is 3.55. The molecule has 0 aliphatic heterocycles. The highest BCUT2D eigenvalue weighted by atomic mass is 16.3. The number of benzene rings is 1. The molecule has 1 aromatic carbocycles. The van der Waals surface area contributed by atoms with Gasteiger partial charge < -0.3 is 4.42 Å². The van der Waals surface area contributed by atoms with Crippen molar-refractivity contribution in [1.82, 2.24) is 9.97 Å². The van der Waals surface area contributed by atoms with Gasteiger partial charge in [-0.05, 0) is 13.0 Å². The molecule has 0 aliphatic carbocycles. The van der Waals surface area contributed by atoms with Crippen LogP contribution in [0.15, 0.2) is 28.7 Å². The zero-order valence-electron chi connectivity index (χ0n) is 11.1. The summed E-state index contributed by atoms with van der Waals surface area (Å²) in [6, 6.07) is 7.99. The van der Waals surface area contributed by atoms with Gasteiger partial charge in [-0.2, -0.15) is 4.98 Å². The number of rotatable bonds is 0. The lowest BCUT2D eigenvalue weighted by Gasteiger charge is -2.16. The van der Waals surface area contributed by atoms with Crippen molar-refractivity contribution in [1.29, 1.82) is 0 Å². The first kappa shape index (κ1) is 11.2. The number of furan rings is 1. The molecule has 3 aromatic rings. The highest BCUT2D eigenvalue weighted by molar-refractivity contribution is 6.04. The number of aromatic nitrogens is 2. The van der Waals surface area contributed by atoms with Gasteiger partial charge in [0.05, 0.1) is 11.1 Å². The molecule has 0 saturated heterocycles. The summed E-state index contributed by atoms with van der Waals surface area (Å²) in [6.07, 6.45) is 0. The van der Waals surface area contributed by atoms with Gasteiger partial charge in [0.1, 0.15) is 11.4 Å². The molecule has 18 heavy (non-hydrogen) atoms. The predicted molar refractivity (Wildman–Crippen MR) is 72.7 cm³/mol. The average molecular weight is 240 g/mol. The third-order valence-electron chi connectivity index (χ3n) is 3.09. The number of aryl methyl sites for hydroxylation is 1. The monoisotopic (exact) mass is 240 g/mol. The first-order valence-electron chi connectivity index (χ1n) is 6.13. The Kier molecular flexibility index (Phi) is 2.21. The number of para-hydroxylation sites is 1. The highest BCUT2D eigenvalue weighted by Crippen LogP contribution is 2.30. The lowest BCUT2D eigenvalue weighted by Crippen LogP contribution is -2.16. The molecule has 0 unspecified atom stereocenters. The Morgan fingerprint density at radius 3 is 2.50 bits per heavy atom. The van der Waals surface area contributed by atoms with Crippen molar-refractivity contribution >= 4 is 22.1 Å². The van der Waals surface area contributed by atoms with E-state index in [9.17, 15) is 0 Å². The van der Waals surface area contributed by atoms with Crippen LogP contribution < -0.4 is 0 Å². The van der Waals surface area contributed by atoms with E-state index < -0.39 is 0 Å². The van der Waals surface area contributed by atoms with E-state index in [2.05, 4.69) is 30.7 Å². The minimum absolute atomic E-state index is 0.0715. The Balaban J connectivity index is 2.42. The minimum atomic E-state index is -0.0715. The summed E-state index contributed by atoms with van der Waals surface area (Å²) >= 11 is 0. The maximum atomic E-state index is 5.82. The summed E-state index contributed by atoms with van der Waals surface area (Å²) in [5, 5.41) is 2.11. The summed E-state index contributed by atoms with van der Waals surface area (Å²) in [6.45, 7) is 8.34. The van der Waals surface area contributed by atoms with E-state index in [4.69, 9.17) is 4.42 Å². The van der Waals surface area contributed by atoms with Crippen LogP contribution in [0.2, 0.25) is 0 Å². The van der Waals surface area contributed by atoms with Crippen LogP contribution in [0.4, 0.5) is 0 Å². The van der Waals surface area contributed by atoms with Gasteiger partial charge in [0.2, 0.25) is 5.71 Å². The summed E-state index contributed by atoms with van der Waals surface area (Å²) in [5.41, 5.74) is 2.47. The van der Waals surface area contributed by atoms with Crippen LogP contribution in [-0.4, -0.2) is 9.97 Å². The van der Waals surface area contributed by atoms with E-state index in [1.54, 1.807) is 0 Å². The third kappa shape index (κ3) is 1.58. The Labute approximate surface area is 106 Å². The molecular formula is C15H16N2O. The molecule has 0 N–H and O–H groups in total. The number of hydrogen-bond donors (Lipinski definition) is 0. The zero-order valence-corrected chi connectivity index (χ0v) is 11.1. The number of nitrogens with zero attached hydrogens (tertiary/aromatic N) is 2. The molecule has 3 nitrogen and oxygen atoms in total. The molecule has 0 amide bonds. The first-order chi connectivity index (χ1) is 8.47. The maximum Gasteiger partial charge on any atom is 0.230 e. The van der Waals surface area contributed by atoms with Gasteiger partial charge in [-0.3, -0.25) is 0 Å². The van der Waals surface area contributed by atoms with Crippen LogP contribution >= 0.6 is 0 Å². The Morgan fingerprint density at radius 1 is 1.06 bits per heavy atom. The largest absolute Gasteiger partial charge is 0.438 e. The quantitative estimate of drug-likeness (QED) is 0.596. The van der Waals surface area contributed by atoms with Crippen molar-refractivity contribution in [2.45, 2.75) is 33.1 Å². The van der Waals surface area contributed by atoms with E-state index in [0.717, 1.165) is 27.9 Å². The van der Waals surface area contributed by atoms with E-state index in [1.165, 1.54) is 0 Å². The first-order valence-corrected chi connectivity index (χ1v) is 6.13. The maximum absolute atomic E-state index is 5.82. The number of hydrogen-bond acceptors (Lipinski definition) is 3. The SMILES string of the molecule is Cc1nc(C(C)(C)C)nc2oc3ccccc3c12. The van der Waals surface area contributed by atoms with E-state index in [0.29, 0.717) is 5.71 Å². The van der Waals surface area contributed by atoms with Crippen molar-refractivity contribution in [3.05, 3.63) is 35.8 Å². The standard InChI is InChI=1S/C15H16N2O/c1-9-12-10-7-5-6-8-11(10)18-13(12)17-14(16-9)15(2,3)4/h5-8H,1-4H3. The van der Waals surface area contributed by atoms with E-state index in [-0.39, 0.29) is 5.41 Å². The second-order valence-electron chi connectivity index (χ2n) is 5.66. The van der Waals surface area contributed by atoms with Crippen LogP contribution in [0.5, 0.6) is 0 Å². The fourth-order valence-electron chi connectivity index (χ4n) is 2.13. The van der Waals surface area contributed by atoms with Gasteiger partial charge in [0, 0.05) is 10.8 Å². The van der Waals surface area contributed by atoms with Gasteiger partial charge in [-0.15, -0.1) is 0 Å². The summed E-state index contributed by atoms with van der Waals surface area (Å²) in [5.74, 6) is 0.826. The third-order valence-corrected chi connectivity index (χ3v) is 3.09. The molecule has 92 valence electrons. The van der Waals surface area contributed by atoms with Crippen molar-refractivity contribution in [3.63, 3.8) is 0 Å². The molecule has 0 bridgehead atoms. The predicted octanol–water partition coefficient (Wildman–Crippen LogP) is 3.98. The van der Waals surface area contributed by atoms with Crippen LogP contribution in [0.3, 0.4) is 0 Å². The fourth-order valence-corrected chi connectivity index (χ4v) is 2.13. The fraction of sp³-hybridized carbons (Fsp3) is 0.333. The van der Waals surface area contributed by atoms with Crippen molar-refractivity contribution in [3.8, 4) is 0 Å². The smallest absolute Gasteiger partial charge is 0.230 e. The molecule has 0 aliphatic rings. The van der Waals surface area contributed by atoms with Crippen molar-refractivity contribution in [2.24, 2.45) is 0 Å². The lowest BCUT2D eigenvalue weighted by atomic mass is 9.95. The van der Waals surface area contributed by atoms with Gasteiger partial charge in [0.15, 0.2) is 0 Å². The summed E-state index contributed by atoms with van der Waals surface area (Å²) in [4.78, 5) is 9.19. The molecular weight excluding hydrogens is 224 g/mol. The molecule has 0 spiro atoms. The second-order valence-corrected chi connectivity index (χ2v) is 5.66. The Morgan fingerprint density at radius 2 is 1.78 bits per heavy atom. The minimum Gasteiger partial charge on any atom is -0.438 e. The van der Waals surface area contributed by atoms with Crippen LogP contribution in [-0.2, 0) is 5.41 Å². The summed E-state index contributed by atoms with van der Waals surface area (Å²) in [7, 11) is 0. The molecule has 2 heterocycles. The van der Waals surface area contributed by atoms with Crippen molar-refractivity contribution < 1.29 is 4.42 Å². The van der Waals surface area contributed by atoms with E-state index in [1.807, 2.05) is 31.2 Å². The Hall–Kier alpha value is -1.90. The van der Waals surface area contributed by atoms with Crippen LogP contribution in [0.25, 0.3) is 22.1 Å². The van der Waals surface area contributed by atoms with Gasteiger partial charge >= 0.3 is 0 Å². The molecule has 0 saturated carbocycles. The molecule has 3 heteroatoms. The summed E-state index contributed by atoms with van der Waals surface area (Å²) < 4.78 is 5.82. The van der Waals surface area contributed by atoms with E-state index >= 15 is 0 Å². The molecule has 3 rings (SSSR count). The highest BCUT2D eigenvalue weighted by Gasteiger charge is 2.21. The van der Waals surface area contributed by atoms with Crippen LogP contribution in [0, 0.1) is 6.92 Å². The zero-order chi connectivity index (χ0) is 12.9. The molecule has 0 atom stereocenters. The molecule has 2 aromatic heterocycles. The van der Waals surface area contributed by atoms with Gasteiger partial charge in [0.25, 0.3) is 0 Å². The van der Waals surface area contributed by atoms with Gasteiger partial charge in [-0.1, -0.05) is 39.0 Å². The Bertz CT molecular complexity index is 735. The van der Waals surface area contributed by atoms with Crippen LogP contribution in [0.1, 0.15) is 32.3 Å².